The fourth-order valence-electron chi connectivity index (χ4n) is 3.06. The summed E-state index contributed by atoms with van der Waals surface area (Å²) in [5.41, 5.74) is 2.36. The van der Waals surface area contributed by atoms with Crippen molar-refractivity contribution in [1.82, 2.24) is 14.8 Å². The number of carbonyl (C=O) groups excluding carboxylic acids is 1. The number of benzene rings is 2. The molecule has 3 rings (SSSR count). The predicted octanol–water partition coefficient (Wildman–Crippen LogP) is 3.64. The highest BCUT2D eigenvalue weighted by molar-refractivity contribution is 5.83. The highest BCUT2D eigenvalue weighted by Crippen LogP contribution is 2.22. The van der Waals surface area contributed by atoms with E-state index < -0.39 is 6.04 Å². The first-order chi connectivity index (χ1) is 12.5. The Bertz CT molecular complexity index is 926. The van der Waals surface area contributed by atoms with Crippen LogP contribution in [-0.2, 0) is 11.3 Å². The van der Waals surface area contributed by atoms with Gasteiger partial charge < -0.3 is 4.90 Å². The summed E-state index contributed by atoms with van der Waals surface area (Å²) in [6.45, 7) is 0.392. The van der Waals surface area contributed by atoms with Crippen LogP contribution >= 0.6 is 0 Å². The summed E-state index contributed by atoms with van der Waals surface area (Å²) >= 11 is 0. The monoisotopic (exact) mass is 351 g/mol. The summed E-state index contributed by atoms with van der Waals surface area (Å²) < 4.78 is 13.6. The largest absolute Gasteiger partial charge is 0.338 e. The number of pyridine rings is 1. The summed E-state index contributed by atoms with van der Waals surface area (Å²) in [6.07, 6.45) is 0. The van der Waals surface area contributed by atoms with Gasteiger partial charge in [0.15, 0.2) is 0 Å². The molecule has 1 aromatic heterocycles. The average molecular weight is 351 g/mol. The van der Waals surface area contributed by atoms with Gasteiger partial charge >= 0.3 is 0 Å². The van der Waals surface area contributed by atoms with Gasteiger partial charge in [-0.3, -0.25) is 14.7 Å². The molecular weight excluding hydrogens is 329 g/mol. The lowest BCUT2D eigenvalue weighted by Crippen LogP contribution is -2.38. The van der Waals surface area contributed by atoms with Crippen molar-refractivity contribution in [2.45, 2.75) is 12.6 Å². The molecule has 0 spiro atoms. The van der Waals surface area contributed by atoms with Gasteiger partial charge in [-0.05, 0) is 43.9 Å². The molecule has 0 saturated carbocycles. The van der Waals surface area contributed by atoms with Gasteiger partial charge in [0.25, 0.3) is 0 Å². The maximum absolute atomic E-state index is 13.6. The number of carbonyl (C=O) groups is 1. The van der Waals surface area contributed by atoms with Crippen molar-refractivity contribution < 1.29 is 9.18 Å². The molecule has 3 aromatic rings. The smallest absolute Gasteiger partial charge is 0.244 e. The van der Waals surface area contributed by atoms with E-state index in [1.807, 2.05) is 50.5 Å². The van der Waals surface area contributed by atoms with Crippen LogP contribution in [0.15, 0.2) is 60.7 Å². The fourth-order valence-corrected chi connectivity index (χ4v) is 3.06. The van der Waals surface area contributed by atoms with E-state index in [1.165, 1.54) is 12.1 Å². The van der Waals surface area contributed by atoms with E-state index >= 15 is 0 Å². The van der Waals surface area contributed by atoms with E-state index in [2.05, 4.69) is 4.98 Å². The number of nitrogens with zero attached hydrogens (tertiary/aromatic N) is 3. The highest BCUT2D eigenvalue weighted by Gasteiger charge is 2.26. The molecule has 1 amide bonds. The van der Waals surface area contributed by atoms with Crippen molar-refractivity contribution in [2.24, 2.45) is 0 Å². The van der Waals surface area contributed by atoms with Crippen molar-refractivity contribution >= 4 is 16.8 Å². The van der Waals surface area contributed by atoms with Gasteiger partial charge in [0.2, 0.25) is 5.91 Å². The lowest BCUT2D eigenvalue weighted by molar-refractivity contribution is -0.135. The summed E-state index contributed by atoms with van der Waals surface area (Å²) in [5, 5.41) is 1.07. The predicted molar refractivity (Wildman–Crippen MR) is 101 cm³/mol. The Labute approximate surface area is 152 Å². The zero-order chi connectivity index (χ0) is 18.7. The van der Waals surface area contributed by atoms with E-state index in [0.717, 1.165) is 16.6 Å². The number of rotatable bonds is 5. The minimum absolute atomic E-state index is 0.101. The van der Waals surface area contributed by atoms with E-state index in [1.54, 1.807) is 29.0 Å². The summed E-state index contributed by atoms with van der Waals surface area (Å²) in [6, 6.07) is 17.4. The van der Waals surface area contributed by atoms with Gasteiger partial charge in [0, 0.05) is 12.4 Å². The van der Waals surface area contributed by atoms with Gasteiger partial charge in [-0.25, -0.2) is 4.39 Å². The average Bonchev–Trinajstić information content (AvgIpc) is 2.61. The second-order valence-electron chi connectivity index (χ2n) is 6.61. The van der Waals surface area contributed by atoms with Crippen molar-refractivity contribution in [2.75, 3.05) is 21.1 Å². The lowest BCUT2D eigenvalue weighted by Gasteiger charge is -2.28. The molecule has 0 unspecified atom stereocenters. The molecule has 4 nitrogen and oxygen atoms in total. The Morgan fingerprint density at radius 3 is 2.54 bits per heavy atom. The molecule has 134 valence electrons. The van der Waals surface area contributed by atoms with Crippen LogP contribution < -0.4 is 0 Å². The number of amides is 1. The van der Waals surface area contributed by atoms with E-state index in [0.29, 0.717) is 12.1 Å². The minimum atomic E-state index is -0.545. The SMILES string of the molecule is CN(Cc1ccc2ccccc2n1)C(=O)[C@H](c1cccc(F)c1)N(C)C. The van der Waals surface area contributed by atoms with Crippen molar-refractivity contribution in [3.05, 3.63) is 77.7 Å². The Kier molecular flexibility index (Phi) is 5.28. The molecular formula is C21H22FN3O. The molecule has 0 aliphatic carbocycles. The molecule has 0 N–H and O–H groups in total. The number of aromatic nitrogens is 1. The second-order valence-corrected chi connectivity index (χ2v) is 6.61. The molecule has 0 bridgehead atoms. The van der Waals surface area contributed by atoms with E-state index in [-0.39, 0.29) is 11.7 Å². The third kappa shape index (κ3) is 3.89. The maximum atomic E-state index is 13.6. The Morgan fingerprint density at radius 1 is 1.04 bits per heavy atom. The number of fused-ring (bicyclic) bond motifs is 1. The Hall–Kier alpha value is -2.79. The molecule has 0 aliphatic heterocycles. The number of para-hydroxylation sites is 1. The van der Waals surface area contributed by atoms with Gasteiger partial charge in [0.05, 0.1) is 17.8 Å². The first-order valence-corrected chi connectivity index (χ1v) is 8.47. The number of likely N-dealkylation sites (N-methyl/N-ethyl adjacent to an activating group) is 2. The molecule has 0 aliphatic rings. The lowest BCUT2D eigenvalue weighted by atomic mass is 10.0. The summed E-state index contributed by atoms with van der Waals surface area (Å²) in [4.78, 5) is 21.0. The van der Waals surface area contributed by atoms with Crippen LogP contribution in [-0.4, -0.2) is 41.8 Å². The normalized spacial score (nSPS) is 12.3. The zero-order valence-corrected chi connectivity index (χ0v) is 15.2. The van der Waals surface area contributed by atoms with Crippen LogP contribution in [0.25, 0.3) is 10.9 Å². The highest BCUT2D eigenvalue weighted by atomic mass is 19.1. The first kappa shape index (κ1) is 18.0. The van der Waals surface area contributed by atoms with Crippen LogP contribution in [0.5, 0.6) is 0 Å². The number of hydrogen-bond donors (Lipinski definition) is 0. The summed E-state index contributed by atoms with van der Waals surface area (Å²) in [5.74, 6) is -0.448. The molecule has 1 atom stereocenters. The van der Waals surface area contributed by atoms with Gasteiger partial charge in [0.1, 0.15) is 11.9 Å². The Balaban J connectivity index is 1.82. The van der Waals surface area contributed by atoms with Gasteiger partial charge in [-0.2, -0.15) is 0 Å². The van der Waals surface area contributed by atoms with Crippen LogP contribution in [0.1, 0.15) is 17.3 Å². The van der Waals surface area contributed by atoms with Crippen LogP contribution in [0.2, 0.25) is 0 Å². The third-order valence-corrected chi connectivity index (χ3v) is 4.35. The molecule has 1 heterocycles. The molecule has 0 saturated heterocycles. The maximum Gasteiger partial charge on any atom is 0.244 e. The molecule has 0 fully saturated rings. The summed E-state index contributed by atoms with van der Waals surface area (Å²) in [7, 11) is 5.38. The van der Waals surface area contributed by atoms with Gasteiger partial charge in [-0.15, -0.1) is 0 Å². The standard InChI is InChI=1S/C21H22FN3O/c1-24(2)20(16-8-6-9-17(22)13-16)21(26)25(3)14-18-12-11-15-7-4-5-10-19(15)23-18/h4-13,20H,14H2,1-3H3/t20-/m0/s1. The number of halogens is 1. The van der Waals surface area contributed by atoms with Crippen LogP contribution in [0.4, 0.5) is 4.39 Å². The molecule has 26 heavy (non-hydrogen) atoms. The fraction of sp³-hybridized carbons (Fsp3) is 0.238. The van der Waals surface area contributed by atoms with E-state index in [9.17, 15) is 9.18 Å². The van der Waals surface area contributed by atoms with Gasteiger partial charge in [-0.1, -0.05) is 36.4 Å². The molecule has 2 aromatic carbocycles. The molecule has 0 radical (unpaired) electrons. The quantitative estimate of drug-likeness (QED) is 0.704. The topological polar surface area (TPSA) is 36.4 Å². The van der Waals surface area contributed by atoms with Crippen molar-refractivity contribution in [3.8, 4) is 0 Å². The van der Waals surface area contributed by atoms with E-state index in [4.69, 9.17) is 0 Å². The van der Waals surface area contributed by atoms with Crippen LogP contribution in [0, 0.1) is 5.82 Å². The van der Waals surface area contributed by atoms with Crippen molar-refractivity contribution in [1.29, 1.82) is 0 Å². The second kappa shape index (κ2) is 7.62. The molecule has 5 heteroatoms. The Morgan fingerprint density at radius 2 is 1.81 bits per heavy atom. The number of hydrogen-bond acceptors (Lipinski definition) is 3. The van der Waals surface area contributed by atoms with Crippen molar-refractivity contribution in [3.63, 3.8) is 0 Å². The van der Waals surface area contributed by atoms with Crippen LogP contribution in [0.3, 0.4) is 0 Å². The minimum Gasteiger partial charge on any atom is -0.338 e. The first-order valence-electron chi connectivity index (χ1n) is 8.47. The third-order valence-electron chi connectivity index (χ3n) is 4.35. The zero-order valence-electron chi connectivity index (χ0n) is 15.2.